The third kappa shape index (κ3) is 7.67. The van der Waals surface area contributed by atoms with Crippen molar-refractivity contribution in [1.29, 1.82) is 0 Å². The standard InChI is InChI=1S/C8H15F/c1-8(2,3)6-4-5-7-9/h4-5H,6-7H2,1-3H3/b5-4+. The Labute approximate surface area is 56.8 Å². The molecular weight excluding hydrogens is 115 g/mol. The van der Waals surface area contributed by atoms with E-state index in [0.717, 1.165) is 6.42 Å². The summed E-state index contributed by atoms with van der Waals surface area (Å²) in [6.07, 6.45) is 4.40. The molecule has 0 aromatic rings. The predicted molar refractivity (Wildman–Crippen MR) is 39.2 cm³/mol. The number of allylic oxidation sites excluding steroid dienone is 2. The summed E-state index contributed by atoms with van der Waals surface area (Å²) in [4.78, 5) is 0. The van der Waals surface area contributed by atoms with E-state index in [1.165, 1.54) is 0 Å². The summed E-state index contributed by atoms with van der Waals surface area (Å²) in [5, 5.41) is 0. The molecule has 0 amide bonds. The Bertz CT molecular complexity index is 87.2. The quantitative estimate of drug-likeness (QED) is 0.504. The molecule has 1 heteroatoms. The zero-order chi connectivity index (χ0) is 7.33. The van der Waals surface area contributed by atoms with Crippen LogP contribution < -0.4 is 0 Å². The van der Waals surface area contributed by atoms with Crippen LogP contribution in [0.5, 0.6) is 0 Å². The van der Waals surface area contributed by atoms with Gasteiger partial charge in [0, 0.05) is 0 Å². The van der Waals surface area contributed by atoms with Gasteiger partial charge in [0.25, 0.3) is 0 Å². The van der Waals surface area contributed by atoms with E-state index in [4.69, 9.17) is 0 Å². The molecular formula is C8H15F. The fourth-order valence-electron chi connectivity index (χ4n) is 0.500. The van der Waals surface area contributed by atoms with Crippen molar-refractivity contribution >= 4 is 0 Å². The maximum absolute atomic E-state index is 11.5. The second-order valence-electron chi connectivity index (χ2n) is 3.39. The van der Waals surface area contributed by atoms with Gasteiger partial charge in [-0.1, -0.05) is 32.9 Å². The summed E-state index contributed by atoms with van der Waals surface area (Å²) < 4.78 is 11.5. The second kappa shape index (κ2) is 3.65. The fourth-order valence-corrected chi connectivity index (χ4v) is 0.500. The molecule has 0 nitrogen and oxygen atoms in total. The van der Waals surface area contributed by atoms with Gasteiger partial charge in [-0.25, -0.2) is 4.39 Å². The van der Waals surface area contributed by atoms with E-state index in [9.17, 15) is 4.39 Å². The molecule has 0 rings (SSSR count). The molecule has 0 aromatic carbocycles. The van der Waals surface area contributed by atoms with Crippen LogP contribution in [0.4, 0.5) is 4.39 Å². The molecule has 0 saturated carbocycles. The van der Waals surface area contributed by atoms with E-state index < -0.39 is 0 Å². The van der Waals surface area contributed by atoms with Crippen molar-refractivity contribution in [2.24, 2.45) is 5.41 Å². The molecule has 9 heavy (non-hydrogen) atoms. The molecule has 0 saturated heterocycles. The first-order valence-electron chi connectivity index (χ1n) is 3.27. The van der Waals surface area contributed by atoms with Crippen molar-refractivity contribution in [2.75, 3.05) is 6.67 Å². The Morgan fingerprint density at radius 1 is 1.22 bits per heavy atom. The van der Waals surface area contributed by atoms with Crippen LogP contribution in [0.3, 0.4) is 0 Å². The molecule has 0 spiro atoms. The number of hydrogen-bond donors (Lipinski definition) is 0. The fraction of sp³-hybridized carbons (Fsp3) is 0.750. The van der Waals surface area contributed by atoms with Crippen LogP contribution in [0.1, 0.15) is 27.2 Å². The van der Waals surface area contributed by atoms with Crippen molar-refractivity contribution in [2.45, 2.75) is 27.2 Å². The van der Waals surface area contributed by atoms with E-state index in [2.05, 4.69) is 20.8 Å². The lowest BCUT2D eigenvalue weighted by Crippen LogP contribution is -2.01. The molecule has 54 valence electrons. The third-order valence-electron chi connectivity index (χ3n) is 0.986. The highest BCUT2D eigenvalue weighted by molar-refractivity contribution is 4.85. The van der Waals surface area contributed by atoms with Crippen LogP contribution in [0.25, 0.3) is 0 Å². The van der Waals surface area contributed by atoms with Gasteiger partial charge in [0.05, 0.1) is 0 Å². The summed E-state index contributed by atoms with van der Waals surface area (Å²) in [5.41, 5.74) is 0.297. The zero-order valence-electron chi connectivity index (χ0n) is 6.45. The first-order valence-corrected chi connectivity index (χ1v) is 3.27. The van der Waals surface area contributed by atoms with Crippen molar-refractivity contribution < 1.29 is 4.39 Å². The average Bonchev–Trinajstić information content (AvgIpc) is 1.63. The van der Waals surface area contributed by atoms with Crippen LogP contribution in [-0.4, -0.2) is 6.67 Å². The van der Waals surface area contributed by atoms with Gasteiger partial charge in [0.15, 0.2) is 0 Å². The van der Waals surface area contributed by atoms with Crippen LogP contribution in [0, 0.1) is 5.41 Å². The number of rotatable bonds is 2. The molecule has 0 fully saturated rings. The van der Waals surface area contributed by atoms with Gasteiger partial charge in [-0.05, 0) is 11.8 Å². The monoisotopic (exact) mass is 130 g/mol. The number of hydrogen-bond acceptors (Lipinski definition) is 0. The average molecular weight is 130 g/mol. The molecule has 0 aliphatic rings. The Morgan fingerprint density at radius 2 is 1.78 bits per heavy atom. The molecule has 0 N–H and O–H groups in total. The highest BCUT2D eigenvalue weighted by Gasteiger charge is 2.05. The van der Waals surface area contributed by atoms with E-state index >= 15 is 0 Å². The van der Waals surface area contributed by atoms with Gasteiger partial charge in [-0.3, -0.25) is 0 Å². The van der Waals surface area contributed by atoms with Gasteiger partial charge in [-0.15, -0.1) is 0 Å². The maximum Gasteiger partial charge on any atom is 0.108 e. The maximum atomic E-state index is 11.5. The van der Waals surface area contributed by atoms with Gasteiger partial charge >= 0.3 is 0 Å². The molecule has 0 unspecified atom stereocenters. The van der Waals surface area contributed by atoms with Crippen LogP contribution in [0.15, 0.2) is 12.2 Å². The SMILES string of the molecule is CC(C)(C)C/C=C/CF. The molecule has 0 atom stereocenters. The summed E-state index contributed by atoms with van der Waals surface area (Å²) in [7, 11) is 0. The van der Waals surface area contributed by atoms with Crippen molar-refractivity contribution in [3.63, 3.8) is 0 Å². The molecule has 0 heterocycles. The summed E-state index contributed by atoms with van der Waals surface area (Å²) >= 11 is 0. The Hall–Kier alpha value is -0.330. The molecule has 0 aliphatic heterocycles. The zero-order valence-corrected chi connectivity index (χ0v) is 6.45. The van der Waals surface area contributed by atoms with E-state index in [-0.39, 0.29) is 6.67 Å². The topological polar surface area (TPSA) is 0 Å². The molecule has 0 radical (unpaired) electrons. The van der Waals surface area contributed by atoms with Crippen molar-refractivity contribution in [1.82, 2.24) is 0 Å². The number of halogens is 1. The Kier molecular flexibility index (Phi) is 3.52. The lowest BCUT2D eigenvalue weighted by Gasteiger charge is -2.13. The minimum absolute atomic E-state index is 0.297. The lowest BCUT2D eigenvalue weighted by atomic mass is 9.92. The predicted octanol–water partition coefficient (Wildman–Crippen LogP) is 2.95. The molecule has 0 aromatic heterocycles. The second-order valence-corrected chi connectivity index (χ2v) is 3.39. The Morgan fingerprint density at radius 3 is 2.11 bits per heavy atom. The normalized spacial score (nSPS) is 12.9. The summed E-state index contributed by atoms with van der Waals surface area (Å²) in [5.74, 6) is 0. The minimum Gasteiger partial charge on any atom is -0.247 e. The van der Waals surface area contributed by atoms with Gasteiger partial charge in [-0.2, -0.15) is 0 Å². The van der Waals surface area contributed by atoms with E-state index in [1.54, 1.807) is 6.08 Å². The highest BCUT2D eigenvalue weighted by atomic mass is 19.1. The van der Waals surface area contributed by atoms with E-state index in [1.807, 2.05) is 6.08 Å². The number of alkyl halides is 1. The minimum atomic E-state index is -0.337. The van der Waals surface area contributed by atoms with Crippen LogP contribution >= 0.6 is 0 Å². The van der Waals surface area contributed by atoms with E-state index in [0.29, 0.717) is 5.41 Å². The van der Waals surface area contributed by atoms with Crippen LogP contribution in [0.2, 0.25) is 0 Å². The van der Waals surface area contributed by atoms with Crippen molar-refractivity contribution in [3.8, 4) is 0 Å². The van der Waals surface area contributed by atoms with Crippen LogP contribution in [-0.2, 0) is 0 Å². The van der Waals surface area contributed by atoms with Crippen molar-refractivity contribution in [3.05, 3.63) is 12.2 Å². The largest absolute Gasteiger partial charge is 0.247 e. The first kappa shape index (κ1) is 8.67. The molecule has 0 bridgehead atoms. The van der Waals surface area contributed by atoms with Gasteiger partial charge < -0.3 is 0 Å². The third-order valence-corrected chi connectivity index (χ3v) is 0.986. The molecule has 0 aliphatic carbocycles. The summed E-state index contributed by atoms with van der Waals surface area (Å²) in [6.45, 7) is 6.07. The smallest absolute Gasteiger partial charge is 0.108 e. The van der Waals surface area contributed by atoms with Gasteiger partial charge in [0.2, 0.25) is 0 Å². The lowest BCUT2D eigenvalue weighted by molar-refractivity contribution is 0.419. The highest BCUT2D eigenvalue weighted by Crippen LogP contribution is 2.18. The van der Waals surface area contributed by atoms with Gasteiger partial charge in [0.1, 0.15) is 6.67 Å². The summed E-state index contributed by atoms with van der Waals surface area (Å²) in [6, 6.07) is 0. The Balaban J connectivity index is 3.38. The first-order chi connectivity index (χ1) is 4.06.